The quantitative estimate of drug-likeness (QED) is 0.629. The molecule has 2 amide bonds. The van der Waals surface area contributed by atoms with E-state index in [1.54, 1.807) is 24.1 Å². The van der Waals surface area contributed by atoms with E-state index in [0.29, 0.717) is 17.0 Å². The summed E-state index contributed by atoms with van der Waals surface area (Å²) in [6, 6.07) is 5.44. The van der Waals surface area contributed by atoms with E-state index in [1.165, 1.54) is 0 Å². The number of sulfone groups is 1. The van der Waals surface area contributed by atoms with Crippen molar-refractivity contribution in [3.05, 3.63) is 46.1 Å². The number of carbonyl (C=O) groups is 3. The number of nitrogens with zero attached hydrogens (tertiary/aromatic N) is 2. The molecule has 4 rings (SSSR count). The van der Waals surface area contributed by atoms with Gasteiger partial charge in [-0.25, -0.2) is 13.2 Å². The Bertz CT molecular complexity index is 1160. The van der Waals surface area contributed by atoms with Crippen molar-refractivity contribution in [2.45, 2.75) is 32.1 Å². The van der Waals surface area contributed by atoms with Crippen LogP contribution in [0.5, 0.6) is 0 Å². The van der Waals surface area contributed by atoms with Gasteiger partial charge in [0.2, 0.25) is 11.8 Å². The second kappa shape index (κ2) is 8.99. The van der Waals surface area contributed by atoms with Gasteiger partial charge in [0.05, 0.1) is 41.8 Å². The first kappa shape index (κ1) is 22.4. The van der Waals surface area contributed by atoms with Gasteiger partial charge in [-0.05, 0) is 31.0 Å². The molecule has 0 spiro atoms. The zero-order valence-electron chi connectivity index (χ0n) is 17.5. The Balaban J connectivity index is 1.52. The number of anilines is 1. The lowest BCUT2D eigenvalue weighted by Crippen LogP contribution is -2.28. The van der Waals surface area contributed by atoms with Gasteiger partial charge in [0.15, 0.2) is 9.84 Å². The van der Waals surface area contributed by atoms with Crippen LogP contribution in [-0.4, -0.2) is 55.0 Å². The number of pyridine rings is 1. The summed E-state index contributed by atoms with van der Waals surface area (Å²) >= 11 is 1.09. The van der Waals surface area contributed by atoms with E-state index < -0.39 is 21.7 Å². The van der Waals surface area contributed by atoms with Crippen molar-refractivity contribution in [2.75, 3.05) is 24.2 Å². The molecule has 0 saturated carbocycles. The predicted molar refractivity (Wildman–Crippen MR) is 118 cm³/mol. The highest BCUT2D eigenvalue weighted by Gasteiger charge is 2.37. The van der Waals surface area contributed by atoms with Gasteiger partial charge >= 0.3 is 5.97 Å². The fourth-order valence-corrected chi connectivity index (χ4v) is 6.97. The Labute approximate surface area is 189 Å². The first-order valence-electron chi connectivity index (χ1n) is 10.3. The van der Waals surface area contributed by atoms with Gasteiger partial charge in [0, 0.05) is 24.0 Å². The van der Waals surface area contributed by atoms with E-state index in [1.807, 2.05) is 12.1 Å². The highest BCUT2D eigenvalue weighted by atomic mass is 32.2. The molecule has 1 atom stereocenters. The third-order valence-electron chi connectivity index (χ3n) is 5.49. The number of esters is 1. The summed E-state index contributed by atoms with van der Waals surface area (Å²) in [4.78, 5) is 44.3. The van der Waals surface area contributed by atoms with Crippen molar-refractivity contribution in [1.82, 2.24) is 9.88 Å². The highest BCUT2D eigenvalue weighted by Crippen LogP contribution is 2.39. The van der Waals surface area contributed by atoms with Crippen molar-refractivity contribution >= 4 is 44.0 Å². The molecule has 4 heterocycles. The summed E-state index contributed by atoms with van der Waals surface area (Å²) < 4.78 is 29.2. The van der Waals surface area contributed by atoms with Gasteiger partial charge in [0.25, 0.3) is 0 Å². The Morgan fingerprint density at radius 1 is 1.34 bits per heavy atom. The van der Waals surface area contributed by atoms with Gasteiger partial charge in [-0.15, -0.1) is 11.3 Å². The number of hydrogen-bond acceptors (Lipinski definition) is 8. The van der Waals surface area contributed by atoms with Crippen molar-refractivity contribution in [1.29, 1.82) is 0 Å². The molecule has 32 heavy (non-hydrogen) atoms. The summed E-state index contributed by atoms with van der Waals surface area (Å²) in [6.07, 6.45) is 1.92. The number of rotatable bonds is 6. The molecule has 170 valence electrons. The van der Waals surface area contributed by atoms with E-state index in [0.717, 1.165) is 17.0 Å². The van der Waals surface area contributed by atoms with Crippen LogP contribution in [0.25, 0.3) is 0 Å². The van der Waals surface area contributed by atoms with Crippen LogP contribution in [-0.2, 0) is 42.9 Å². The maximum atomic E-state index is 13.0. The third-order valence-corrected chi connectivity index (χ3v) is 8.37. The smallest absolute Gasteiger partial charge is 0.341 e. The largest absolute Gasteiger partial charge is 0.462 e. The van der Waals surface area contributed by atoms with Crippen LogP contribution in [0.2, 0.25) is 0 Å². The molecule has 0 bridgehead atoms. The first-order chi connectivity index (χ1) is 15.3. The van der Waals surface area contributed by atoms with Crippen LogP contribution in [0.4, 0.5) is 5.00 Å². The Morgan fingerprint density at radius 3 is 2.88 bits per heavy atom. The number of amides is 2. The summed E-state index contributed by atoms with van der Waals surface area (Å²) in [6.45, 7) is 2.41. The van der Waals surface area contributed by atoms with E-state index in [9.17, 15) is 22.8 Å². The Kier molecular flexibility index (Phi) is 6.29. The maximum Gasteiger partial charge on any atom is 0.341 e. The van der Waals surface area contributed by atoms with Crippen LogP contribution >= 0.6 is 11.3 Å². The molecule has 9 nitrogen and oxygen atoms in total. The number of ether oxygens (including phenoxy) is 1. The van der Waals surface area contributed by atoms with E-state index in [-0.39, 0.29) is 59.9 Å². The molecule has 2 aliphatic heterocycles. The minimum atomic E-state index is -3.24. The summed E-state index contributed by atoms with van der Waals surface area (Å²) in [7, 11) is -3.24. The van der Waals surface area contributed by atoms with Crippen molar-refractivity contribution in [3.8, 4) is 0 Å². The predicted octanol–water partition coefficient (Wildman–Crippen LogP) is 1.78. The van der Waals surface area contributed by atoms with Crippen molar-refractivity contribution in [2.24, 2.45) is 5.92 Å². The molecule has 1 saturated heterocycles. The topological polar surface area (TPSA) is 123 Å². The molecule has 0 aromatic carbocycles. The van der Waals surface area contributed by atoms with Crippen molar-refractivity contribution < 1.29 is 27.5 Å². The first-order valence-corrected chi connectivity index (χ1v) is 12.9. The molecule has 2 aromatic heterocycles. The average molecular weight is 478 g/mol. The fourth-order valence-electron chi connectivity index (χ4n) is 3.93. The minimum absolute atomic E-state index is 0.0455. The van der Waals surface area contributed by atoms with Gasteiger partial charge in [-0.1, -0.05) is 6.07 Å². The van der Waals surface area contributed by atoms with Crippen LogP contribution in [0, 0.1) is 5.92 Å². The number of carbonyl (C=O) groups excluding carboxylic acids is 3. The lowest BCUT2D eigenvalue weighted by molar-refractivity contribution is -0.128. The van der Waals surface area contributed by atoms with Gasteiger partial charge in [-0.2, -0.15) is 0 Å². The zero-order chi connectivity index (χ0) is 22.9. The van der Waals surface area contributed by atoms with Crippen LogP contribution in [0.3, 0.4) is 0 Å². The molecular weight excluding hydrogens is 454 g/mol. The molecule has 1 fully saturated rings. The molecule has 11 heteroatoms. The van der Waals surface area contributed by atoms with Gasteiger partial charge < -0.3 is 15.0 Å². The maximum absolute atomic E-state index is 13.0. The Morgan fingerprint density at radius 2 is 2.16 bits per heavy atom. The van der Waals surface area contributed by atoms with Crippen LogP contribution in [0.1, 0.15) is 39.8 Å². The SMILES string of the molecule is CCOC(=O)c1c(NC(=O)C2CC(=O)N(Cc3ccccn3)C2)sc2c1CCS(=O)(=O)C2. The van der Waals surface area contributed by atoms with E-state index in [2.05, 4.69) is 10.3 Å². The van der Waals surface area contributed by atoms with E-state index >= 15 is 0 Å². The van der Waals surface area contributed by atoms with Crippen LogP contribution in [0.15, 0.2) is 24.4 Å². The molecule has 2 aromatic rings. The summed E-state index contributed by atoms with van der Waals surface area (Å²) in [5.41, 5.74) is 1.58. The summed E-state index contributed by atoms with van der Waals surface area (Å²) in [5, 5.41) is 3.05. The number of thiophene rings is 1. The summed E-state index contributed by atoms with van der Waals surface area (Å²) in [5.74, 6) is -1.89. The molecular formula is C21H23N3O6S2. The number of nitrogens with one attached hydrogen (secondary N) is 1. The molecule has 0 radical (unpaired) electrons. The highest BCUT2D eigenvalue weighted by molar-refractivity contribution is 7.90. The van der Waals surface area contributed by atoms with Gasteiger partial charge in [0.1, 0.15) is 5.00 Å². The number of fused-ring (bicyclic) bond motifs is 1. The number of likely N-dealkylation sites (tertiary alicyclic amines) is 1. The molecule has 2 aliphatic rings. The van der Waals surface area contributed by atoms with Gasteiger partial charge in [-0.3, -0.25) is 14.6 Å². The molecule has 0 aliphatic carbocycles. The molecule has 1 N–H and O–H groups in total. The second-order valence-electron chi connectivity index (χ2n) is 7.76. The number of hydrogen-bond donors (Lipinski definition) is 1. The van der Waals surface area contributed by atoms with Crippen molar-refractivity contribution in [3.63, 3.8) is 0 Å². The molecule has 1 unspecified atom stereocenters. The lowest BCUT2D eigenvalue weighted by atomic mass is 10.1. The average Bonchev–Trinajstić information content (AvgIpc) is 3.27. The number of aromatic nitrogens is 1. The van der Waals surface area contributed by atoms with Crippen LogP contribution < -0.4 is 5.32 Å². The second-order valence-corrected chi connectivity index (χ2v) is 11.0. The Hall–Kier alpha value is -2.79. The zero-order valence-corrected chi connectivity index (χ0v) is 19.1. The minimum Gasteiger partial charge on any atom is -0.462 e. The van der Waals surface area contributed by atoms with E-state index in [4.69, 9.17) is 4.74 Å². The monoisotopic (exact) mass is 477 g/mol. The standard InChI is InChI=1S/C21H23N3O6S2/c1-2-30-21(27)18-15-6-8-32(28,29)12-16(15)31-20(18)23-19(26)13-9-17(25)24(10-13)11-14-5-3-4-7-22-14/h3-5,7,13H,2,6,8-12H2,1H3,(H,23,26). The normalized spacial score (nSPS) is 19.5. The third kappa shape index (κ3) is 4.68. The lowest BCUT2D eigenvalue weighted by Gasteiger charge is -2.16. The fraction of sp³-hybridized carbons (Fsp3) is 0.429.